The molecule has 0 aliphatic carbocycles. The zero-order valence-electron chi connectivity index (χ0n) is 9.80. The summed E-state index contributed by atoms with van der Waals surface area (Å²) in [5, 5.41) is 7.97. The number of aromatic nitrogens is 3. The van der Waals surface area contributed by atoms with Crippen molar-refractivity contribution in [2.45, 2.75) is 26.5 Å². The van der Waals surface area contributed by atoms with Gasteiger partial charge in [-0.05, 0) is 13.8 Å². The molecule has 1 aliphatic heterocycles. The van der Waals surface area contributed by atoms with E-state index in [4.69, 9.17) is 4.74 Å². The molecule has 1 aromatic heterocycles. The van der Waals surface area contributed by atoms with Crippen LogP contribution in [0.1, 0.15) is 36.4 Å². The maximum atomic E-state index is 11.9. The molecule has 88 valence electrons. The molecule has 0 bridgehead atoms. The highest BCUT2D eigenvalue weighted by Gasteiger charge is 2.29. The molecule has 0 fully saturated rings. The molecule has 2 heterocycles. The van der Waals surface area contributed by atoms with Gasteiger partial charge in [-0.2, -0.15) is 0 Å². The molecule has 0 aromatic carbocycles. The van der Waals surface area contributed by atoms with Crippen LogP contribution < -0.4 is 0 Å². The molecule has 1 atom stereocenters. The first-order chi connectivity index (χ1) is 7.69. The van der Waals surface area contributed by atoms with Crippen LogP contribution in [0.5, 0.6) is 0 Å². The minimum Gasteiger partial charge on any atom is -0.374 e. The first kappa shape index (κ1) is 11.1. The summed E-state index contributed by atoms with van der Waals surface area (Å²) in [5.74, 6) is 1.10. The fourth-order valence-electron chi connectivity index (χ4n) is 1.87. The fourth-order valence-corrected chi connectivity index (χ4v) is 1.87. The third-order valence-corrected chi connectivity index (χ3v) is 2.95. The zero-order chi connectivity index (χ0) is 11.7. The van der Waals surface area contributed by atoms with Gasteiger partial charge in [0.25, 0.3) is 5.91 Å². The van der Waals surface area contributed by atoms with Crippen molar-refractivity contribution in [2.75, 3.05) is 20.2 Å². The zero-order valence-corrected chi connectivity index (χ0v) is 9.80. The van der Waals surface area contributed by atoms with Crippen LogP contribution in [0.2, 0.25) is 0 Å². The Kier molecular flexibility index (Phi) is 2.91. The van der Waals surface area contributed by atoms with E-state index in [1.807, 2.05) is 18.4 Å². The van der Waals surface area contributed by atoms with Crippen molar-refractivity contribution in [1.29, 1.82) is 0 Å². The molecule has 1 aliphatic rings. The normalized spacial score (nSPS) is 17.4. The van der Waals surface area contributed by atoms with Gasteiger partial charge in [0.15, 0.2) is 5.82 Å². The SMILES string of the molecule is CCN1CCn2c(nnc2C(C)OC)C1=O. The van der Waals surface area contributed by atoms with Gasteiger partial charge in [0.05, 0.1) is 0 Å². The Morgan fingerprint density at radius 2 is 2.19 bits per heavy atom. The van der Waals surface area contributed by atoms with Crippen molar-refractivity contribution in [2.24, 2.45) is 0 Å². The largest absolute Gasteiger partial charge is 0.374 e. The highest BCUT2D eigenvalue weighted by atomic mass is 16.5. The van der Waals surface area contributed by atoms with Gasteiger partial charge in [-0.15, -0.1) is 10.2 Å². The third kappa shape index (κ3) is 1.59. The van der Waals surface area contributed by atoms with Gasteiger partial charge in [-0.1, -0.05) is 0 Å². The molecule has 1 unspecified atom stereocenters. The third-order valence-electron chi connectivity index (χ3n) is 2.95. The molecule has 6 heteroatoms. The summed E-state index contributed by atoms with van der Waals surface area (Å²) in [6.45, 7) is 6.02. The molecule has 0 spiro atoms. The van der Waals surface area contributed by atoms with E-state index in [9.17, 15) is 4.79 Å². The van der Waals surface area contributed by atoms with Crippen LogP contribution in [-0.4, -0.2) is 45.8 Å². The molecule has 6 nitrogen and oxygen atoms in total. The topological polar surface area (TPSA) is 60.3 Å². The molecule has 2 rings (SSSR count). The summed E-state index contributed by atoms with van der Waals surface area (Å²) < 4.78 is 7.05. The number of ether oxygens (including phenoxy) is 1. The predicted octanol–water partition coefficient (Wildman–Crippen LogP) is 0.461. The number of rotatable bonds is 3. The molecule has 16 heavy (non-hydrogen) atoms. The number of hydrogen-bond acceptors (Lipinski definition) is 4. The standard InChI is InChI=1S/C10H16N4O2/c1-4-13-5-6-14-8(7(2)16-3)11-12-9(14)10(13)15/h7H,4-6H2,1-3H3. The van der Waals surface area contributed by atoms with Gasteiger partial charge in [0, 0.05) is 26.7 Å². The Bertz CT molecular complexity index is 402. The van der Waals surface area contributed by atoms with Gasteiger partial charge >= 0.3 is 0 Å². The smallest absolute Gasteiger partial charge is 0.291 e. The molecule has 0 saturated carbocycles. The van der Waals surface area contributed by atoms with E-state index in [1.165, 1.54) is 0 Å². The molecule has 0 N–H and O–H groups in total. The Morgan fingerprint density at radius 3 is 2.81 bits per heavy atom. The predicted molar refractivity (Wildman–Crippen MR) is 57.0 cm³/mol. The number of likely N-dealkylation sites (N-methyl/N-ethyl adjacent to an activating group) is 1. The van der Waals surface area contributed by atoms with Gasteiger partial charge in [-0.25, -0.2) is 0 Å². The van der Waals surface area contributed by atoms with Gasteiger partial charge in [0.1, 0.15) is 6.10 Å². The van der Waals surface area contributed by atoms with Gasteiger partial charge in [0.2, 0.25) is 5.82 Å². The van der Waals surface area contributed by atoms with Crippen molar-refractivity contribution in [3.63, 3.8) is 0 Å². The monoisotopic (exact) mass is 224 g/mol. The second-order valence-corrected chi connectivity index (χ2v) is 3.80. The van der Waals surface area contributed by atoms with Crippen LogP contribution in [0.3, 0.4) is 0 Å². The van der Waals surface area contributed by atoms with E-state index < -0.39 is 0 Å². The number of carbonyl (C=O) groups excluding carboxylic acids is 1. The van der Waals surface area contributed by atoms with E-state index in [-0.39, 0.29) is 12.0 Å². The lowest BCUT2D eigenvalue weighted by molar-refractivity contribution is 0.0692. The van der Waals surface area contributed by atoms with Crippen molar-refractivity contribution in [3.05, 3.63) is 11.6 Å². The molecule has 1 amide bonds. The lowest BCUT2D eigenvalue weighted by Gasteiger charge is -2.26. The molecule has 0 radical (unpaired) electrons. The maximum absolute atomic E-state index is 11.9. The lowest BCUT2D eigenvalue weighted by Crippen LogP contribution is -2.40. The molecule has 0 saturated heterocycles. The van der Waals surface area contributed by atoms with Crippen molar-refractivity contribution in [3.8, 4) is 0 Å². The summed E-state index contributed by atoms with van der Waals surface area (Å²) in [4.78, 5) is 13.7. The van der Waals surface area contributed by atoms with Crippen LogP contribution >= 0.6 is 0 Å². The number of carbonyl (C=O) groups is 1. The minimum atomic E-state index is -0.137. The highest BCUT2D eigenvalue weighted by Crippen LogP contribution is 2.18. The molecule has 1 aromatic rings. The van der Waals surface area contributed by atoms with Crippen molar-refractivity contribution in [1.82, 2.24) is 19.7 Å². The second-order valence-electron chi connectivity index (χ2n) is 3.80. The number of nitrogens with zero attached hydrogens (tertiary/aromatic N) is 4. The summed E-state index contributed by atoms with van der Waals surface area (Å²) in [5.41, 5.74) is 0. The highest BCUT2D eigenvalue weighted by molar-refractivity contribution is 5.91. The lowest BCUT2D eigenvalue weighted by atomic mass is 10.3. The average molecular weight is 224 g/mol. The van der Waals surface area contributed by atoms with Gasteiger partial charge < -0.3 is 14.2 Å². The first-order valence-electron chi connectivity index (χ1n) is 5.44. The number of fused-ring (bicyclic) bond motifs is 1. The average Bonchev–Trinajstić information content (AvgIpc) is 2.73. The van der Waals surface area contributed by atoms with E-state index in [1.54, 1.807) is 12.0 Å². The summed E-state index contributed by atoms with van der Waals surface area (Å²) in [6.07, 6.45) is -0.137. The molecular weight excluding hydrogens is 208 g/mol. The van der Waals surface area contributed by atoms with Crippen molar-refractivity contribution >= 4 is 5.91 Å². The number of amides is 1. The minimum absolute atomic E-state index is 0.0456. The summed E-state index contributed by atoms with van der Waals surface area (Å²) in [6, 6.07) is 0. The second kappa shape index (κ2) is 4.21. The van der Waals surface area contributed by atoms with Crippen LogP contribution in [0, 0.1) is 0 Å². The first-order valence-corrected chi connectivity index (χ1v) is 5.44. The Morgan fingerprint density at radius 1 is 1.44 bits per heavy atom. The van der Waals surface area contributed by atoms with E-state index in [0.29, 0.717) is 18.9 Å². The quantitative estimate of drug-likeness (QED) is 0.748. The van der Waals surface area contributed by atoms with E-state index >= 15 is 0 Å². The summed E-state index contributed by atoms with van der Waals surface area (Å²) >= 11 is 0. The number of methoxy groups -OCH3 is 1. The van der Waals surface area contributed by atoms with Crippen LogP contribution in [0.15, 0.2) is 0 Å². The molecular formula is C10H16N4O2. The Hall–Kier alpha value is -1.43. The van der Waals surface area contributed by atoms with E-state index in [2.05, 4.69) is 10.2 Å². The summed E-state index contributed by atoms with van der Waals surface area (Å²) in [7, 11) is 1.62. The Balaban J connectivity index is 2.35. The van der Waals surface area contributed by atoms with Gasteiger partial charge in [-0.3, -0.25) is 4.79 Å². The number of hydrogen-bond donors (Lipinski definition) is 0. The van der Waals surface area contributed by atoms with Crippen molar-refractivity contribution < 1.29 is 9.53 Å². The fraction of sp³-hybridized carbons (Fsp3) is 0.700. The Labute approximate surface area is 94.2 Å². The van der Waals surface area contributed by atoms with Crippen LogP contribution in [-0.2, 0) is 11.3 Å². The van der Waals surface area contributed by atoms with Crippen LogP contribution in [0.4, 0.5) is 0 Å². The van der Waals surface area contributed by atoms with E-state index in [0.717, 1.165) is 12.4 Å². The maximum Gasteiger partial charge on any atom is 0.291 e. The van der Waals surface area contributed by atoms with Crippen LogP contribution in [0.25, 0.3) is 0 Å².